The number of amides is 1. The molecule has 0 spiro atoms. The van der Waals surface area contributed by atoms with E-state index in [0.717, 1.165) is 0 Å². The Bertz CT molecular complexity index is 457. The van der Waals surface area contributed by atoms with Gasteiger partial charge in [-0.3, -0.25) is 14.4 Å². The average molecular weight is 346 g/mol. The Morgan fingerprint density at radius 3 is 2.33 bits per heavy atom. The van der Waals surface area contributed by atoms with Crippen LogP contribution in [-0.2, 0) is 33.3 Å². The van der Waals surface area contributed by atoms with Gasteiger partial charge in [-0.2, -0.15) is 0 Å². The van der Waals surface area contributed by atoms with Gasteiger partial charge in [0.1, 0.15) is 24.9 Å². The van der Waals surface area contributed by atoms with Crippen LogP contribution in [0.25, 0.3) is 0 Å². The molecule has 3 N–H and O–H groups in total. The zero-order valence-corrected chi connectivity index (χ0v) is 14.4. The molecule has 9 nitrogen and oxygen atoms in total. The molecule has 0 aromatic carbocycles. The molecular weight excluding hydrogens is 320 g/mol. The van der Waals surface area contributed by atoms with Crippen molar-refractivity contribution in [2.75, 3.05) is 19.8 Å². The summed E-state index contributed by atoms with van der Waals surface area (Å²) in [6, 6.07) is -0.693. The van der Waals surface area contributed by atoms with Gasteiger partial charge in [0.25, 0.3) is 0 Å². The molecule has 0 radical (unpaired) electrons. The number of nitrogens with two attached hydrogens (primary N) is 1. The lowest BCUT2D eigenvalue weighted by atomic mass is 9.89. The van der Waals surface area contributed by atoms with Gasteiger partial charge < -0.3 is 30.0 Å². The number of carbonyl (C=O) groups excluding carboxylic acids is 3. The van der Waals surface area contributed by atoms with Crippen molar-refractivity contribution in [3.05, 3.63) is 0 Å². The molecule has 1 saturated heterocycles. The molecule has 1 aliphatic heterocycles. The van der Waals surface area contributed by atoms with E-state index in [1.54, 1.807) is 6.92 Å². The predicted molar refractivity (Wildman–Crippen MR) is 82.6 cm³/mol. The SMILES string of the molecule is CC(=O)NC1C(OCCN)OC(COC(C)=O)C(C)C1OC(C)=O. The normalized spacial score (nSPS) is 29.6. The van der Waals surface area contributed by atoms with Crippen LogP contribution >= 0.6 is 0 Å². The molecule has 0 aliphatic carbocycles. The maximum Gasteiger partial charge on any atom is 0.302 e. The third kappa shape index (κ3) is 6.06. The Morgan fingerprint density at radius 1 is 1.17 bits per heavy atom. The molecule has 1 heterocycles. The molecule has 0 bridgehead atoms. The van der Waals surface area contributed by atoms with Crippen LogP contribution in [-0.4, -0.2) is 62.1 Å². The summed E-state index contributed by atoms with van der Waals surface area (Å²) in [5, 5.41) is 2.70. The fourth-order valence-corrected chi connectivity index (χ4v) is 2.55. The first-order valence-corrected chi connectivity index (χ1v) is 7.81. The lowest BCUT2D eigenvalue weighted by Gasteiger charge is -2.44. The minimum atomic E-state index is -0.876. The van der Waals surface area contributed by atoms with Crippen molar-refractivity contribution in [3.8, 4) is 0 Å². The molecular formula is C15H26N2O7. The molecule has 24 heavy (non-hydrogen) atoms. The van der Waals surface area contributed by atoms with E-state index in [4.69, 9.17) is 24.7 Å². The fraction of sp³-hybridized carbons (Fsp3) is 0.800. The lowest BCUT2D eigenvalue weighted by molar-refractivity contribution is -0.259. The number of carbonyl (C=O) groups is 3. The Balaban J connectivity index is 3.00. The van der Waals surface area contributed by atoms with Gasteiger partial charge in [-0.1, -0.05) is 6.92 Å². The number of rotatable bonds is 7. The van der Waals surface area contributed by atoms with E-state index in [-0.39, 0.29) is 31.6 Å². The van der Waals surface area contributed by atoms with Crippen molar-refractivity contribution >= 4 is 17.8 Å². The standard InChI is InChI=1S/C15H26N2O7/c1-8-12(7-22-10(3)19)24-15(21-6-5-16)13(17-9(2)18)14(8)23-11(4)20/h8,12-15H,5-7,16H2,1-4H3,(H,17,18). The second kappa shape index (κ2) is 9.55. The van der Waals surface area contributed by atoms with Gasteiger partial charge in [0.15, 0.2) is 6.29 Å². The molecule has 1 amide bonds. The summed E-state index contributed by atoms with van der Waals surface area (Å²) >= 11 is 0. The van der Waals surface area contributed by atoms with E-state index in [1.165, 1.54) is 20.8 Å². The van der Waals surface area contributed by atoms with Gasteiger partial charge in [-0.25, -0.2) is 0 Å². The maximum absolute atomic E-state index is 11.5. The molecule has 5 unspecified atom stereocenters. The summed E-state index contributed by atoms with van der Waals surface area (Å²) in [6.07, 6.45) is -2.12. The quantitative estimate of drug-likeness (QED) is 0.581. The number of hydrogen-bond acceptors (Lipinski definition) is 8. The first kappa shape index (κ1) is 20.3. The summed E-state index contributed by atoms with van der Waals surface area (Å²) in [5.74, 6) is -1.58. The molecule has 0 aromatic heterocycles. The third-order valence-corrected chi connectivity index (χ3v) is 3.58. The van der Waals surface area contributed by atoms with Crippen LogP contribution in [0.1, 0.15) is 27.7 Å². The molecule has 1 fully saturated rings. The topological polar surface area (TPSA) is 126 Å². The highest BCUT2D eigenvalue weighted by atomic mass is 16.7. The molecule has 5 atom stereocenters. The zero-order chi connectivity index (χ0) is 18.3. The van der Waals surface area contributed by atoms with E-state index >= 15 is 0 Å². The fourth-order valence-electron chi connectivity index (χ4n) is 2.55. The maximum atomic E-state index is 11.5. The first-order chi connectivity index (χ1) is 11.3. The van der Waals surface area contributed by atoms with Crippen LogP contribution in [0, 0.1) is 5.92 Å². The van der Waals surface area contributed by atoms with Crippen molar-refractivity contribution in [1.82, 2.24) is 5.32 Å². The van der Waals surface area contributed by atoms with Gasteiger partial charge >= 0.3 is 11.9 Å². The second-order valence-corrected chi connectivity index (χ2v) is 5.66. The molecule has 9 heteroatoms. The van der Waals surface area contributed by atoms with Crippen LogP contribution < -0.4 is 11.1 Å². The molecule has 0 saturated carbocycles. The van der Waals surface area contributed by atoms with Gasteiger partial charge in [0.2, 0.25) is 5.91 Å². The van der Waals surface area contributed by atoms with Crippen LogP contribution in [0.4, 0.5) is 0 Å². The Kier molecular flexibility index (Phi) is 8.09. The summed E-state index contributed by atoms with van der Waals surface area (Å²) in [7, 11) is 0. The van der Waals surface area contributed by atoms with E-state index in [0.29, 0.717) is 0 Å². The highest BCUT2D eigenvalue weighted by Gasteiger charge is 2.47. The summed E-state index contributed by atoms with van der Waals surface area (Å²) < 4.78 is 21.7. The second-order valence-electron chi connectivity index (χ2n) is 5.66. The van der Waals surface area contributed by atoms with Crippen molar-refractivity contribution < 1.29 is 33.3 Å². The monoisotopic (exact) mass is 346 g/mol. The van der Waals surface area contributed by atoms with E-state index in [9.17, 15) is 14.4 Å². The molecule has 1 rings (SSSR count). The van der Waals surface area contributed by atoms with Crippen molar-refractivity contribution in [3.63, 3.8) is 0 Å². The van der Waals surface area contributed by atoms with Crippen molar-refractivity contribution in [1.29, 1.82) is 0 Å². The average Bonchev–Trinajstić information content (AvgIpc) is 2.48. The van der Waals surface area contributed by atoms with Gasteiger partial charge in [0, 0.05) is 33.2 Å². The molecule has 0 aromatic rings. The predicted octanol–water partition coefficient (Wildman–Crippen LogP) is -0.678. The highest BCUT2D eigenvalue weighted by molar-refractivity contribution is 5.73. The van der Waals surface area contributed by atoms with Crippen LogP contribution in [0.15, 0.2) is 0 Å². The van der Waals surface area contributed by atoms with E-state index in [2.05, 4.69) is 5.32 Å². The van der Waals surface area contributed by atoms with E-state index < -0.39 is 36.5 Å². The van der Waals surface area contributed by atoms with Crippen LogP contribution in [0.2, 0.25) is 0 Å². The van der Waals surface area contributed by atoms with Gasteiger partial charge in [-0.05, 0) is 0 Å². The smallest absolute Gasteiger partial charge is 0.302 e. The third-order valence-electron chi connectivity index (χ3n) is 3.58. The number of nitrogens with one attached hydrogen (secondary N) is 1. The number of esters is 2. The number of hydrogen-bond donors (Lipinski definition) is 2. The number of ether oxygens (including phenoxy) is 4. The van der Waals surface area contributed by atoms with E-state index in [1.807, 2.05) is 0 Å². The van der Waals surface area contributed by atoms with Crippen LogP contribution in [0.5, 0.6) is 0 Å². The lowest BCUT2D eigenvalue weighted by Crippen LogP contribution is -2.63. The first-order valence-electron chi connectivity index (χ1n) is 7.81. The molecule has 1 aliphatic rings. The van der Waals surface area contributed by atoms with Gasteiger partial charge in [0.05, 0.1) is 6.61 Å². The van der Waals surface area contributed by atoms with Gasteiger partial charge in [-0.15, -0.1) is 0 Å². The Morgan fingerprint density at radius 2 is 1.83 bits per heavy atom. The van der Waals surface area contributed by atoms with Crippen molar-refractivity contribution in [2.45, 2.75) is 52.2 Å². The minimum Gasteiger partial charge on any atom is -0.463 e. The minimum absolute atomic E-state index is 0.0104. The van der Waals surface area contributed by atoms with Crippen LogP contribution in [0.3, 0.4) is 0 Å². The highest BCUT2D eigenvalue weighted by Crippen LogP contribution is 2.29. The Labute approximate surface area is 141 Å². The molecule has 138 valence electrons. The summed E-state index contributed by atoms with van der Waals surface area (Å²) in [6.45, 7) is 6.15. The summed E-state index contributed by atoms with van der Waals surface area (Å²) in [5.41, 5.74) is 5.45. The Hall–Kier alpha value is -1.71. The zero-order valence-electron chi connectivity index (χ0n) is 14.4. The summed E-state index contributed by atoms with van der Waals surface area (Å²) in [4.78, 5) is 34.0. The van der Waals surface area contributed by atoms with Crippen molar-refractivity contribution in [2.24, 2.45) is 11.7 Å². The largest absolute Gasteiger partial charge is 0.463 e.